The second-order valence-electron chi connectivity index (χ2n) is 5.46. The van der Waals surface area contributed by atoms with Gasteiger partial charge in [-0.15, -0.1) is 11.3 Å². The quantitative estimate of drug-likeness (QED) is 0.858. The Balaban J connectivity index is 1.82. The molecule has 0 bridgehead atoms. The van der Waals surface area contributed by atoms with Crippen molar-refractivity contribution in [2.24, 2.45) is 11.8 Å². The number of fused-ring (bicyclic) bond motifs is 1. The van der Waals surface area contributed by atoms with Crippen LogP contribution in [0.15, 0.2) is 24.3 Å². The van der Waals surface area contributed by atoms with E-state index >= 15 is 0 Å². The second-order valence-corrected chi connectivity index (χ2v) is 6.53. The lowest BCUT2D eigenvalue weighted by molar-refractivity contribution is -0.133. The molecule has 1 saturated carbocycles. The lowest BCUT2D eigenvalue weighted by Gasteiger charge is -2.23. The van der Waals surface area contributed by atoms with E-state index in [1.807, 2.05) is 30.1 Å². The lowest BCUT2D eigenvalue weighted by atomic mass is 10.2. The van der Waals surface area contributed by atoms with Crippen LogP contribution in [0.5, 0.6) is 0 Å². The van der Waals surface area contributed by atoms with Gasteiger partial charge in [-0.2, -0.15) is 0 Å². The van der Waals surface area contributed by atoms with Gasteiger partial charge in [0.15, 0.2) is 0 Å². The molecule has 0 saturated heterocycles. The first kappa shape index (κ1) is 12.6. The zero-order valence-electron chi connectivity index (χ0n) is 11.5. The fourth-order valence-corrected chi connectivity index (χ4v) is 3.42. The van der Waals surface area contributed by atoms with Crippen LogP contribution in [0.25, 0.3) is 10.2 Å². The number of amides is 1. The first-order chi connectivity index (χ1) is 9.08. The molecule has 3 nitrogen and oxygen atoms in total. The summed E-state index contributed by atoms with van der Waals surface area (Å²) >= 11 is 1.68. The second kappa shape index (κ2) is 4.60. The van der Waals surface area contributed by atoms with Gasteiger partial charge < -0.3 is 4.90 Å². The van der Waals surface area contributed by atoms with Gasteiger partial charge in [0.1, 0.15) is 5.01 Å². The van der Waals surface area contributed by atoms with E-state index in [2.05, 4.69) is 24.9 Å². The van der Waals surface area contributed by atoms with Crippen molar-refractivity contribution in [3.63, 3.8) is 0 Å². The highest BCUT2D eigenvalue weighted by atomic mass is 32.1. The van der Waals surface area contributed by atoms with E-state index in [1.165, 1.54) is 4.70 Å². The Kier molecular flexibility index (Phi) is 3.05. The molecule has 1 aromatic heterocycles. The third kappa shape index (κ3) is 2.25. The van der Waals surface area contributed by atoms with Crippen molar-refractivity contribution >= 4 is 27.5 Å². The van der Waals surface area contributed by atoms with Gasteiger partial charge in [-0.25, -0.2) is 4.98 Å². The zero-order valence-corrected chi connectivity index (χ0v) is 12.3. The maximum absolute atomic E-state index is 12.2. The van der Waals surface area contributed by atoms with Crippen LogP contribution in [0.3, 0.4) is 0 Å². The first-order valence-electron chi connectivity index (χ1n) is 6.70. The smallest absolute Gasteiger partial charge is 0.226 e. The van der Waals surface area contributed by atoms with E-state index in [0.29, 0.717) is 5.92 Å². The van der Waals surface area contributed by atoms with Crippen LogP contribution in [0, 0.1) is 11.8 Å². The van der Waals surface area contributed by atoms with Crippen molar-refractivity contribution in [1.29, 1.82) is 0 Å². The summed E-state index contributed by atoms with van der Waals surface area (Å²) in [6.07, 6.45) is 1.04. The molecule has 2 aromatic rings. The topological polar surface area (TPSA) is 33.2 Å². The van der Waals surface area contributed by atoms with E-state index in [1.54, 1.807) is 11.3 Å². The fourth-order valence-electron chi connectivity index (χ4n) is 2.35. The molecule has 1 heterocycles. The summed E-state index contributed by atoms with van der Waals surface area (Å²) in [5.74, 6) is 1.05. The molecule has 4 heteroatoms. The number of aromatic nitrogens is 1. The summed E-state index contributed by atoms with van der Waals surface area (Å²) in [6.45, 7) is 4.20. The van der Waals surface area contributed by atoms with Gasteiger partial charge in [0.05, 0.1) is 16.3 Å². The van der Waals surface area contributed by atoms with Crippen molar-refractivity contribution in [3.8, 4) is 0 Å². The van der Waals surface area contributed by atoms with E-state index in [4.69, 9.17) is 0 Å². The van der Waals surface area contributed by atoms with E-state index < -0.39 is 0 Å². The average Bonchev–Trinajstić information content (AvgIpc) is 2.99. The number of para-hydroxylation sites is 1. The molecule has 100 valence electrons. The van der Waals surface area contributed by atoms with Crippen molar-refractivity contribution in [1.82, 2.24) is 9.88 Å². The van der Waals surface area contributed by atoms with Crippen LogP contribution in [-0.4, -0.2) is 22.8 Å². The van der Waals surface area contributed by atoms with Crippen LogP contribution in [0.1, 0.15) is 31.3 Å². The van der Waals surface area contributed by atoms with Gasteiger partial charge in [0.25, 0.3) is 0 Å². The molecule has 0 aliphatic heterocycles. The Morgan fingerprint density at radius 3 is 2.79 bits per heavy atom. The number of benzene rings is 1. The monoisotopic (exact) mass is 274 g/mol. The largest absolute Gasteiger partial charge is 0.336 e. The maximum Gasteiger partial charge on any atom is 0.226 e. The van der Waals surface area contributed by atoms with E-state index in [9.17, 15) is 4.79 Å². The van der Waals surface area contributed by atoms with Crippen LogP contribution in [0.4, 0.5) is 0 Å². The molecule has 0 radical (unpaired) electrons. The number of thiazole rings is 1. The molecular weight excluding hydrogens is 256 g/mol. The molecule has 19 heavy (non-hydrogen) atoms. The standard InChI is InChI=1S/C15H18N2OS/c1-9-8-11(9)15(18)17(3)10(2)14-16-12-6-4-5-7-13(12)19-14/h4-7,9-11H,8H2,1-3H3/t9-,10-,11+/m1/s1. The van der Waals surface area contributed by atoms with E-state index in [-0.39, 0.29) is 17.9 Å². The Morgan fingerprint density at radius 1 is 1.47 bits per heavy atom. The number of rotatable bonds is 3. The van der Waals surface area contributed by atoms with Gasteiger partial charge in [0, 0.05) is 13.0 Å². The predicted molar refractivity (Wildman–Crippen MR) is 78.1 cm³/mol. The third-order valence-corrected chi connectivity index (χ3v) is 5.23. The molecule has 3 rings (SSSR count). The molecule has 1 aromatic carbocycles. The summed E-state index contributed by atoms with van der Waals surface area (Å²) in [6, 6.07) is 8.17. The molecule has 1 amide bonds. The average molecular weight is 274 g/mol. The summed E-state index contributed by atoms with van der Waals surface area (Å²) in [7, 11) is 1.89. The number of nitrogens with zero attached hydrogens (tertiary/aromatic N) is 2. The van der Waals surface area contributed by atoms with Gasteiger partial charge in [-0.1, -0.05) is 19.1 Å². The number of carbonyl (C=O) groups is 1. The minimum atomic E-state index is 0.0534. The normalized spacial score (nSPS) is 23.3. The highest BCUT2D eigenvalue weighted by molar-refractivity contribution is 7.18. The third-order valence-electron chi connectivity index (χ3n) is 4.02. The number of carbonyl (C=O) groups excluding carboxylic acids is 1. The molecule has 0 N–H and O–H groups in total. The van der Waals surface area contributed by atoms with Gasteiger partial charge in [-0.05, 0) is 31.4 Å². The Labute approximate surface area is 117 Å². The summed E-state index contributed by atoms with van der Waals surface area (Å²) in [5, 5.41) is 1.02. The van der Waals surface area contributed by atoms with Crippen LogP contribution in [-0.2, 0) is 4.79 Å². The highest BCUT2D eigenvalue weighted by Gasteiger charge is 2.41. The summed E-state index contributed by atoms with van der Waals surface area (Å²) < 4.78 is 1.19. The first-order valence-corrected chi connectivity index (χ1v) is 7.51. The molecule has 1 fully saturated rings. The Morgan fingerprint density at radius 2 is 2.16 bits per heavy atom. The van der Waals surface area contributed by atoms with Crippen molar-refractivity contribution < 1.29 is 4.79 Å². The van der Waals surface area contributed by atoms with Crippen molar-refractivity contribution in [2.75, 3.05) is 7.05 Å². The molecule has 0 unspecified atom stereocenters. The van der Waals surface area contributed by atoms with Crippen LogP contribution < -0.4 is 0 Å². The SMILES string of the molecule is C[C@@H]1C[C@@H]1C(=O)N(C)[C@H](C)c1nc2ccccc2s1. The zero-order chi connectivity index (χ0) is 13.6. The minimum absolute atomic E-state index is 0.0534. The van der Waals surface area contributed by atoms with Gasteiger partial charge in [0.2, 0.25) is 5.91 Å². The van der Waals surface area contributed by atoms with Crippen LogP contribution in [0.2, 0.25) is 0 Å². The summed E-state index contributed by atoms with van der Waals surface area (Å²) in [5.41, 5.74) is 1.02. The Bertz CT molecular complexity index is 588. The Hall–Kier alpha value is -1.42. The molecular formula is C15H18N2OS. The number of hydrogen-bond donors (Lipinski definition) is 0. The lowest BCUT2D eigenvalue weighted by Crippen LogP contribution is -2.31. The molecule has 1 aliphatic rings. The van der Waals surface area contributed by atoms with E-state index in [0.717, 1.165) is 16.9 Å². The summed E-state index contributed by atoms with van der Waals surface area (Å²) in [4.78, 5) is 18.7. The van der Waals surface area contributed by atoms with Gasteiger partial charge >= 0.3 is 0 Å². The molecule has 3 atom stereocenters. The predicted octanol–water partition coefficient (Wildman–Crippen LogP) is 3.47. The minimum Gasteiger partial charge on any atom is -0.336 e. The van der Waals surface area contributed by atoms with Crippen molar-refractivity contribution in [2.45, 2.75) is 26.3 Å². The van der Waals surface area contributed by atoms with Gasteiger partial charge in [-0.3, -0.25) is 4.79 Å². The van der Waals surface area contributed by atoms with Crippen LogP contribution >= 0.6 is 11.3 Å². The molecule has 0 spiro atoms. The fraction of sp³-hybridized carbons (Fsp3) is 0.467. The number of hydrogen-bond acceptors (Lipinski definition) is 3. The molecule has 1 aliphatic carbocycles. The maximum atomic E-state index is 12.2. The highest BCUT2D eigenvalue weighted by Crippen LogP contribution is 2.40. The van der Waals surface area contributed by atoms with Crippen molar-refractivity contribution in [3.05, 3.63) is 29.3 Å².